The van der Waals surface area contributed by atoms with E-state index in [2.05, 4.69) is 15.8 Å². The fourth-order valence-corrected chi connectivity index (χ4v) is 0.407. The molecule has 0 aliphatic carbocycles. The summed E-state index contributed by atoms with van der Waals surface area (Å²) >= 11 is 0. The molecule has 7 heavy (non-hydrogen) atoms. The van der Waals surface area contributed by atoms with Gasteiger partial charge in [0.15, 0.2) is 0 Å². The van der Waals surface area contributed by atoms with Gasteiger partial charge >= 0.3 is 0 Å². The van der Waals surface area contributed by atoms with Crippen LogP contribution in [0, 0.1) is 0 Å². The molecular formula is C3H7N3O. The highest BCUT2D eigenvalue weighted by Gasteiger charge is 1.98. The number of hydrazone groups is 1. The Hall–Kier alpha value is -0.770. The molecular weight excluding hydrogens is 94.1 g/mol. The van der Waals surface area contributed by atoms with E-state index in [4.69, 9.17) is 5.11 Å². The van der Waals surface area contributed by atoms with E-state index in [1.807, 2.05) is 0 Å². The Labute approximate surface area is 41.2 Å². The second-order valence-corrected chi connectivity index (χ2v) is 1.23. The van der Waals surface area contributed by atoms with Crippen LogP contribution in [0.25, 0.3) is 0 Å². The van der Waals surface area contributed by atoms with Gasteiger partial charge in [-0.2, -0.15) is 5.10 Å². The van der Waals surface area contributed by atoms with Crippen LogP contribution in [-0.4, -0.2) is 24.2 Å². The highest BCUT2D eigenvalue weighted by Crippen LogP contribution is 1.73. The number of aliphatic hydroxyl groups excluding tert-OH is 1. The van der Waals surface area contributed by atoms with Crippen molar-refractivity contribution in [2.45, 2.75) is 0 Å². The Balaban J connectivity index is 2.36. The van der Waals surface area contributed by atoms with Gasteiger partial charge in [-0.05, 0) is 0 Å². The molecule has 0 radical (unpaired) electrons. The van der Waals surface area contributed by atoms with Gasteiger partial charge in [-0.25, -0.2) is 0 Å². The molecule has 40 valence electrons. The summed E-state index contributed by atoms with van der Waals surface area (Å²) in [5.41, 5.74) is 2.64. The summed E-state index contributed by atoms with van der Waals surface area (Å²) in [5, 5.41) is 14.8. The van der Waals surface area contributed by atoms with Crippen molar-refractivity contribution in [1.29, 1.82) is 0 Å². The molecule has 0 aromatic carbocycles. The lowest BCUT2D eigenvalue weighted by molar-refractivity contribution is 0.354. The molecule has 0 bridgehead atoms. The predicted octanol–water partition coefficient (Wildman–Crippen LogP) is -1.56. The highest BCUT2D eigenvalue weighted by atomic mass is 16.3. The minimum Gasteiger partial charge on any atom is -0.388 e. The summed E-state index contributed by atoms with van der Waals surface area (Å²) in [6.45, 7) is 0.628. The maximum atomic E-state index is 8.33. The van der Waals surface area contributed by atoms with Gasteiger partial charge in [0.2, 0.25) is 0 Å². The average molecular weight is 101 g/mol. The molecule has 0 spiro atoms. The van der Waals surface area contributed by atoms with Crippen LogP contribution in [0.1, 0.15) is 0 Å². The van der Waals surface area contributed by atoms with Gasteiger partial charge in [-0.15, -0.1) is 0 Å². The maximum Gasteiger partial charge on any atom is 0.149 e. The molecule has 0 aromatic heterocycles. The molecule has 1 rings (SSSR count). The first-order chi connectivity index (χ1) is 3.43. The van der Waals surface area contributed by atoms with Crippen molar-refractivity contribution >= 4 is 5.84 Å². The molecule has 0 fully saturated rings. The maximum absolute atomic E-state index is 8.33. The van der Waals surface area contributed by atoms with E-state index in [1.54, 1.807) is 0 Å². The highest BCUT2D eigenvalue weighted by molar-refractivity contribution is 5.83. The topological polar surface area (TPSA) is 56.7 Å². The summed E-state index contributed by atoms with van der Waals surface area (Å²) in [6.07, 6.45) is 0. The predicted molar refractivity (Wildman–Crippen MR) is 25.7 cm³/mol. The molecule has 0 atom stereocenters. The standard InChI is InChI=1S/C3H7N3O/c7-1-3-4-2-5-6-3/h5,7H,1-2H2,(H,4,6). The van der Waals surface area contributed by atoms with Crippen molar-refractivity contribution in [2.75, 3.05) is 13.3 Å². The van der Waals surface area contributed by atoms with Crippen LogP contribution < -0.4 is 10.7 Å². The lowest BCUT2D eigenvalue weighted by Crippen LogP contribution is -2.23. The van der Waals surface area contributed by atoms with Crippen LogP contribution in [0.5, 0.6) is 0 Å². The number of hydrogen-bond donors (Lipinski definition) is 3. The zero-order valence-electron chi connectivity index (χ0n) is 3.81. The Bertz CT molecular complexity index is 90.2. The molecule has 0 saturated carbocycles. The van der Waals surface area contributed by atoms with Crippen molar-refractivity contribution in [3.63, 3.8) is 0 Å². The molecule has 0 amide bonds. The van der Waals surface area contributed by atoms with Gasteiger partial charge in [0.25, 0.3) is 0 Å². The first-order valence-corrected chi connectivity index (χ1v) is 2.07. The minimum absolute atomic E-state index is 0.00694. The number of nitrogens with one attached hydrogen (secondary N) is 2. The fourth-order valence-electron chi connectivity index (χ4n) is 0.407. The number of hydrogen-bond acceptors (Lipinski definition) is 4. The molecule has 3 N–H and O–H groups in total. The summed E-state index contributed by atoms with van der Waals surface area (Å²) in [4.78, 5) is 0. The van der Waals surface area contributed by atoms with E-state index in [0.717, 1.165) is 0 Å². The smallest absolute Gasteiger partial charge is 0.149 e. The number of amidine groups is 1. The molecule has 1 aliphatic rings. The van der Waals surface area contributed by atoms with E-state index in [9.17, 15) is 0 Å². The monoisotopic (exact) mass is 101 g/mol. The van der Waals surface area contributed by atoms with Crippen LogP contribution >= 0.6 is 0 Å². The van der Waals surface area contributed by atoms with E-state index in [0.29, 0.717) is 12.5 Å². The summed E-state index contributed by atoms with van der Waals surface area (Å²) in [6, 6.07) is 0. The fraction of sp³-hybridized carbons (Fsp3) is 0.667. The van der Waals surface area contributed by atoms with Crippen LogP contribution in [0.4, 0.5) is 0 Å². The van der Waals surface area contributed by atoms with Crippen molar-refractivity contribution in [1.82, 2.24) is 10.7 Å². The Morgan fingerprint density at radius 1 is 1.86 bits per heavy atom. The summed E-state index contributed by atoms with van der Waals surface area (Å²) < 4.78 is 0. The Kier molecular flexibility index (Phi) is 1.12. The van der Waals surface area contributed by atoms with Gasteiger partial charge in [-0.1, -0.05) is 0 Å². The van der Waals surface area contributed by atoms with Crippen LogP contribution in [-0.2, 0) is 0 Å². The van der Waals surface area contributed by atoms with Crippen molar-refractivity contribution < 1.29 is 5.11 Å². The Morgan fingerprint density at radius 2 is 2.71 bits per heavy atom. The van der Waals surface area contributed by atoms with Crippen molar-refractivity contribution in [3.8, 4) is 0 Å². The first kappa shape index (κ1) is 4.39. The van der Waals surface area contributed by atoms with Gasteiger partial charge in [0, 0.05) is 0 Å². The second kappa shape index (κ2) is 1.79. The zero-order valence-corrected chi connectivity index (χ0v) is 3.81. The second-order valence-electron chi connectivity index (χ2n) is 1.23. The lowest BCUT2D eigenvalue weighted by Gasteiger charge is -1.89. The number of aliphatic hydroxyl groups is 1. The third kappa shape index (κ3) is 0.806. The first-order valence-electron chi connectivity index (χ1n) is 2.07. The van der Waals surface area contributed by atoms with Gasteiger partial charge in [0.1, 0.15) is 19.1 Å². The SMILES string of the molecule is OCC1=NNCN1. The van der Waals surface area contributed by atoms with Crippen LogP contribution in [0.15, 0.2) is 5.10 Å². The third-order valence-electron chi connectivity index (χ3n) is 0.735. The average Bonchev–Trinajstić information content (AvgIpc) is 2.14. The third-order valence-corrected chi connectivity index (χ3v) is 0.735. The number of nitrogens with zero attached hydrogens (tertiary/aromatic N) is 1. The summed E-state index contributed by atoms with van der Waals surface area (Å²) in [5.74, 6) is 0.611. The largest absolute Gasteiger partial charge is 0.388 e. The number of rotatable bonds is 1. The van der Waals surface area contributed by atoms with Crippen molar-refractivity contribution in [3.05, 3.63) is 0 Å². The molecule has 4 nitrogen and oxygen atoms in total. The Morgan fingerprint density at radius 3 is 3.00 bits per heavy atom. The normalized spacial score (nSPS) is 17.6. The van der Waals surface area contributed by atoms with E-state index < -0.39 is 0 Å². The molecule has 4 heteroatoms. The quantitative estimate of drug-likeness (QED) is 0.374. The van der Waals surface area contributed by atoms with Gasteiger partial charge in [0.05, 0.1) is 0 Å². The van der Waals surface area contributed by atoms with Crippen molar-refractivity contribution in [2.24, 2.45) is 5.10 Å². The van der Waals surface area contributed by atoms with E-state index in [-0.39, 0.29) is 6.61 Å². The summed E-state index contributed by atoms with van der Waals surface area (Å²) in [7, 11) is 0. The molecule has 0 saturated heterocycles. The molecule has 0 aromatic rings. The molecule has 1 heterocycles. The van der Waals surface area contributed by atoms with Crippen LogP contribution in [0.3, 0.4) is 0 Å². The zero-order chi connectivity index (χ0) is 5.11. The minimum atomic E-state index is -0.00694. The van der Waals surface area contributed by atoms with Crippen LogP contribution in [0.2, 0.25) is 0 Å². The van der Waals surface area contributed by atoms with E-state index in [1.165, 1.54) is 0 Å². The van der Waals surface area contributed by atoms with Gasteiger partial charge < -0.3 is 10.4 Å². The molecule has 0 unspecified atom stereocenters. The lowest BCUT2D eigenvalue weighted by atomic mass is 10.6. The van der Waals surface area contributed by atoms with Gasteiger partial charge in [-0.3, -0.25) is 5.43 Å². The van der Waals surface area contributed by atoms with E-state index >= 15 is 0 Å². The molecule has 1 aliphatic heterocycles.